The van der Waals surface area contributed by atoms with Crippen LogP contribution in [-0.2, 0) is 14.3 Å². The number of thioether (sulfide) groups is 1. The predicted molar refractivity (Wildman–Crippen MR) is 145 cm³/mol. The Hall–Kier alpha value is -1.62. The molecular weight excluding hydrogens is 500 g/mol. The highest BCUT2D eigenvalue weighted by atomic mass is 35.5. The van der Waals surface area contributed by atoms with Gasteiger partial charge in [0.1, 0.15) is 11.0 Å². The molecule has 36 heavy (non-hydrogen) atoms. The number of hydrogen-bond acceptors (Lipinski definition) is 8. The second-order valence-electron chi connectivity index (χ2n) is 9.47. The van der Waals surface area contributed by atoms with Gasteiger partial charge in [-0.2, -0.15) is 0 Å². The van der Waals surface area contributed by atoms with Crippen molar-refractivity contribution < 1.29 is 14.3 Å². The van der Waals surface area contributed by atoms with Crippen molar-refractivity contribution in [2.45, 2.75) is 63.6 Å². The van der Waals surface area contributed by atoms with Gasteiger partial charge in [-0.05, 0) is 13.3 Å². The maximum absolute atomic E-state index is 12.7. The van der Waals surface area contributed by atoms with Crippen LogP contribution in [0.1, 0.15) is 52.4 Å². The number of amides is 2. The number of halogens is 1. The number of carbonyl (C=O) groups excluding carboxylic acids is 2. The first kappa shape index (κ1) is 28.9. The van der Waals surface area contributed by atoms with Crippen LogP contribution in [0.3, 0.4) is 0 Å². The van der Waals surface area contributed by atoms with Gasteiger partial charge in [-0.25, -0.2) is 9.97 Å². The van der Waals surface area contributed by atoms with Crippen LogP contribution in [0.25, 0.3) is 0 Å². The van der Waals surface area contributed by atoms with Crippen LogP contribution < -0.4 is 10.2 Å². The lowest BCUT2D eigenvalue weighted by molar-refractivity contribution is -0.133. The lowest BCUT2D eigenvalue weighted by Crippen LogP contribution is -2.54. The Morgan fingerprint density at radius 2 is 1.92 bits per heavy atom. The molecule has 3 heterocycles. The van der Waals surface area contributed by atoms with Gasteiger partial charge in [0.25, 0.3) is 0 Å². The van der Waals surface area contributed by atoms with Gasteiger partial charge in [-0.15, -0.1) is 0 Å². The summed E-state index contributed by atoms with van der Waals surface area (Å²) >= 11 is 7.58. The first-order valence-electron chi connectivity index (χ1n) is 13.2. The van der Waals surface area contributed by atoms with Crippen molar-refractivity contribution in [3.63, 3.8) is 0 Å². The van der Waals surface area contributed by atoms with Gasteiger partial charge in [0, 0.05) is 64.3 Å². The normalized spacial score (nSPS) is 18.9. The standard InChI is InChI=1S/C25H41ClN6O3S/c1-3-4-5-6-7-8-24(34)32-12-11-31(18-20(32)2)22-17-21(26)28-25(29-22)36-19-23(33)27-9-10-30-13-15-35-16-14-30/h17,20H,3-16,18-19H2,1-2H3,(H,27,33). The summed E-state index contributed by atoms with van der Waals surface area (Å²) in [5, 5.41) is 3.80. The molecule has 0 radical (unpaired) electrons. The van der Waals surface area contributed by atoms with E-state index in [-0.39, 0.29) is 23.6 Å². The Bertz CT molecular complexity index is 842. The molecule has 11 heteroatoms. The Morgan fingerprint density at radius 1 is 1.14 bits per heavy atom. The van der Waals surface area contributed by atoms with Crippen molar-refractivity contribution >= 4 is 41.0 Å². The third kappa shape index (κ3) is 9.68. The molecule has 202 valence electrons. The molecule has 9 nitrogen and oxygen atoms in total. The van der Waals surface area contributed by atoms with E-state index in [1.54, 1.807) is 6.07 Å². The minimum atomic E-state index is -0.0474. The number of anilines is 1. The van der Waals surface area contributed by atoms with Gasteiger partial charge < -0.3 is 19.9 Å². The number of hydrogen-bond donors (Lipinski definition) is 1. The van der Waals surface area contributed by atoms with E-state index >= 15 is 0 Å². The van der Waals surface area contributed by atoms with E-state index in [4.69, 9.17) is 16.3 Å². The lowest BCUT2D eigenvalue weighted by atomic mass is 10.1. The zero-order valence-electron chi connectivity index (χ0n) is 21.7. The molecule has 1 N–H and O–H groups in total. The molecule has 2 fully saturated rings. The van der Waals surface area contributed by atoms with E-state index in [9.17, 15) is 9.59 Å². The molecule has 0 aliphatic carbocycles. The molecule has 1 atom stereocenters. The van der Waals surface area contributed by atoms with Crippen molar-refractivity contribution in [3.05, 3.63) is 11.2 Å². The summed E-state index contributed by atoms with van der Waals surface area (Å²) < 4.78 is 5.35. The molecule has 0 aromatic carbocycles. The Kier molecular flexibility index (Phi) is 12.5. The zero-order valence-corrected chi connectivity index (χ0v) is 23.3. The van der Waals surface area contributed by atoms with Gasteiger partial charge in [-0.3, -0.25) is 14.5 Å². The average molecular weight is 541 g/mol. The molecular formula is C25H41ClN6O3S. The Balaban J connectivity index is 1.43. The zero-order chi connectivity index (χ0) is 25.8. The van der Waals surface area contributed by atoms with Crippen LogP contribution >= 0.6 is 23.4 Å². The monoisotopic (exact) mass is 540 g/mol. The lowest BCUT2D eigenvalue weighted by Gasteiger charge is -2.40. The van der Waals surface area contributed by atoms with Crippen LogP contribution in [0.15, 0.2) is 11.2 Å². The topological polar surface area (TPSA) is 90.9 Å². The van der Waals surface area contributed by atoms with Crippen molar-refractivity contribution in [2.75, 3.05) is 69.7 Å². The third-order valence-electron chi connectivity index (χ3n) is 6.61. The molecule has 0 bridgehead atoms. The molecule has 1 aromatic heterocycles. The minimum Gasteiger partial charge on any atom is -0.379 e. The Labute approximate surface area is 224 Å². The van der Waals surface area contributed by atoms with E-state index in [1.165, 1.54) is 31.0 Å². The molecule has 1 aromatic rings. The number of nitrogens with one attached hydrogen (secondary N) is 1. The molecule has 0 spiro atoms. The van der Waals surface area contributed by atoms with Crippen LogP contribution in [0.5, 0.6) is 0 Å². The van der Waals surface area contributed by atoms with E-state index in [0.717, 1.165) is 51.5 Å². The molecule has 2 aliphatic rings. The van der Waals surface area contributed by atoms with Gasteiger partial charge in [0.15, 0.2) is 5.16 Å². The molecule has 0 saturated carbocycles. The van der Waals surface area contributed by atoms with Crippen LogP contribution in [0.4, 0.5) is 5.82 Å². The number of rotatable bonds is 13. The van der Waals surface area contributed by atoms with E-state index in [0.29, 0.717) is 42.9 Å². The average Bonchev–Trinajstić information content (AvgIpc) is 2.87. The number of aromatic nitrogens is 2. The highest BCUT2D eigenvalue weighted by molar-refractivity contribution is 7.99. The van der Waals surface area contributed by atoms with Crippen molar-refractivity contribution in [2.24, 2.45) is 0 Å². The number of ether oxygens (including phenoxy) is 1. The van der Waals surface area contributed by atoms with Crippen molar-refractivity contribution in [3.8, 4) is 0 Å². The summed E-state index contributed by atoms with van der Waals surface area (Å²) in [6.07, 6.45) is 6.38. The second kappa shape index (κ2) is 15.6. The van der Waals surface area contributed by atoms with Crippen LogP contribution in [-0.4, -0.2) is 102 Å². The summed E-state index contributed by atoms with van der Waals surface area (Å²) in [4.78, 5) is 40.4. The van der Waals surface area contributed by atoms with Crippen molar-refractivity contribution in [1.29, 1.82) is 0 Å². The summed E-state index contributed by atoms with van der Waals surface area (Å²) in [5.41, 5.74) is 0. The fourth-order valence-corrected chi connectivity index (χ4v) is 5.44. The molecule has 1 unspecified atom stereocenters. The van der Waals surface area contributed by atoms with Gasteiger partial charge in [0.2, 0.25) is 11.8 Å². The van der Waals surface area contributed by atoms with Gasteiger partial charge >= 0.3 is 0 Å². The van der Waals surface area contributed by atoms with Gasteiger partial charge in [0.05, 0.1) is 19.0 Å². The second-order valence-corrected chi connectivity index (χ2v) is 10.8. The Morgan fingerprint density at radius 3 is 2.67 bits per heavy atom. The molecule has 2 saturated heterocycles. The smallest absolute Gasteiger partial charge is 0.230 e. The minimum absolute atomic E-state index is 0.0474. The summed E-state index contributed by atoms with van der Waals surface area (Å²) in [6.45, 7) is 11.1. The molecule has 2 amide bonds. The summed E-state index contributed by atoms with van der Waals surface area (Å²) in [5.74, 6) is 1.17. The number of carbonyl (C=O) groups is 2. The maximum Gasteiger partial charge on any atom is 0.230 e. The largest absolute Gasteiger partial charge is 0.379 e. The number of piperazine rings is 1. The molecule has 2 aliphatic heterocycles. The first-order chi connectivity index (χ1) is 17.5. The number of unbranched alkanes of at least 4 members (excludes halogenated alkanes) is 4. The van der Waals surface area contributed by atoms with Crippen LogP contribution in [0.2, 0.25) is 5.15 Å². The maximum atomic E-state index is 12.7. The van der Waals surface area contributed by atoms with Gasteiger partial charge in [-0.1, -0.05) is 56.0 Å². The highest BCUT2D eigenvalue weighted by Gasteiger charge is 2.28. The number of nitrogens with zero attached hydrogens (tertiary/aromatic N) is 5. The van der Waals surface area contributed by atoms with E-state index in [1.807, 2.05) is 4.90 Å². The fourth-order valence-electron chi connectivity index (χ4n) is 4.53. The molecule has 3 rings (SSSR count). The summed E-state index contributed by atoms with van der Waals surface area (Å²) in [6, 6.07) is 1.86. The van der Waals surface area contributed by atoms with E-state index < -0.39 is 0 Å². The van der Waals surface area contributed by atoms with Crippen molar-refractivity contribution in [1.82, 2.24) is 25.1 Å². The number of morpholine rings is 1. The fraction of sp³-hybridized carbons (Fsp3) is 0.760. The van der Waals surface area contributed by atoms with Crippen LogP contribution in [0, 0.1) is 0 Å². The third-order valence-corrected chi connectivity index (χ3v) is 7.65. The highest BCUT2D eigenvalue weighted by Crippen LogP contribution is 2.24. The SMILES string of the molecule is CCCCCCCC(=O)N1CCN(c2cc(Cl)nc(SCC(=O)NCCN3CCOCC3)n2)CC1C. The summed E-state index contributed by atoms with van der Waals surface area (Å²) in [7, 11) is 0. The van der Waals surface area contributed by atoms with E-state index in [2.05, 4.69) is 38.9 Å². The first-order valence-corrected chi connectivity index (χ1v) is 14.6. The predicted octanol–water partition coefficient (Wildman–Crippen LogP) is 3.07. The quantitative estimate of drug-likeness (QED) is 0.177.